The van der Waals surface area contributed by atoms with Gasteiger partial charge in [-0.25, -0.2) is 4.39 Å². The maximum atomic E-state index is 12.7. The number of nitrogens with two attached hydrogens (primary N) is 1. The second kappa shape index (κ2) is 4.84. The molecule has 17 heavy (non-hydrogen) atoms. The van der Waals surface area contributed by atoms with E-state index < -0.39 is 0 Å². The van der Waals surface area contributed by atoms with Crippen molar-refractivity contribution in [1.82, 2.24) is 0 Å². The van der Waals surface area contributed by atoms with Crippen LogP contribution in [0.15, 0.2) is 24.3 Å². The van der Waals surface area contributed by atoms with Gasteiger partial charge in [-0.1, -0.05) is 12.8 Å². The topological polar surface area (TPSA) is 55.1 Å². The largest absolute Gasteiger partial charge is 0.326 e. The van der Waals surface area contributed by atoms with Crippen molar-refractivity contribution >= 4 is 11.6 Å². The molecule has 2 rings (SSSR count). The molecule has 0 unspecified atom stereocenters. The lowest BCUT2D eigenvalue weighted by atomic mass is 9.94. The van der Waals surface area contributed by atoms with Gasteiger partial charge in [-0.15, -0.1) is 0 Å². The van der Waals surface area contributed by atoms with E-state index in [9.17, 15) is 9.18 Å². The fourth-order valence-corrected chi connectivity index (χ4v) is 2.31. The quantitative estimate of drug-likeness (QED) is 0.846. The standard InChI is InChI=1S/C13H17FN2O/c14-10-3-5-11(6-4-10)16-12(17)9-13(15)7-1-2-8-13/h3-6H,1-2,7-9,15H2,(H,16,17). The number of nitrogens with one attached hydrogen (secondary N) is 1. The molecule has 1 aromatic carbocycles. The average molecular weight is 236 g/mol. The number of halogens is 1. The molecular formula is C13H17FN2O. The highest BCUT2D eigenvalue weighted by atomic mass is 19.1. The van der Waals surface area contributed by atoms with Crippen LogP contribution in [0.4, 0.5) is 10.1 Å². The molecule has 0 bridgehead atoms. The van der Waals surface area contributed by atoms with Crippen LogP contribution in [0.3, 0.4) is 0 Å². The van der Waals surface area contributed by atoms with E-state index in [4.69, 9.17) is 5.73 Å². The highest BCUT2D eigenvalue weighted by molar-refractivity contribution is 5.91. The van der Waals surface area contributed by atoms with E-state index in [1.807, 2.05) is 0 Å². The first kappa shape index (κ1) is 12.0. The van der Waals surface area contributed by atoms with Crippen molar-refractivity contribution in [2.75, 3.05) is 5.32 Å². The number of carbonyl (C=O) groups excluding carboxylic acids is 1. The Morgan fingerprint density at radius 2 is 1.88 bits per heavy atom. The third kappa shape index (κ3) is 3.27. The molecule has 0 aliphatic heterocycles. The Morgan fingerprint density at radius 3 is 2.47 bits per heavy atom. The molecule has 1 fully saturated rings. The highest BCUT2D eigenvalue weighted by Crippen LogP contribution is 2.30. The Balaban J connectivity index is 1.91. The van der Waals surface area contributed by atoms with Gasteiger partial charge in [0.1, 0.15) is 5.82 Å². The molecule has 3 N–H and O–H groups in total. The molecule has 1 amide bonds. The molecule has 0 saturated heterocycles. The number of rotatable bonds is 3. The zero-order valence-corrected chi connectivity index (χ0v) is 9.71. The summed E-state index contributed by atoms with van der Waals surface area (Å²) < 4.78 is 12.7. The van der Waals surface area contributed by atoms with Crippen molar-refractivity contribution in [2.45, 2.75) is 37.6 Å². The minimum Gasteiger partial charge on any atom is -0.326 e. The summed E-state index contributed by atoms with van der Waals surface area (Å²) in [5, 5.41) is 2.74. The number of hydrogen-bond donors (Lipinski definition) is 2. The Bertz CT molecular complexity index is 396. The molecule has 1 aliphatic carbocycles. The normalized spacial score (nSPS) is 18.0. The number of hydrogen-bond acceptors (Lipinski definition) is 2. The van der Waals surface area contributed by atoms with Crippen LogP contribution in [-0.4, -0.2) is 11.4 Å². The van der Waals surface area contributed by atoms with E-state index in [0.717, 1.165) is 25.7 Å². The summed E-state index contributed by atoms with van der Waals surface area (Å²) in [4.78, 5) is 11.8. The van der Waals surface area contributed by atoms with Crippen LogP contribution in [0.1, 0.15) is 32.1 Å². The minimum absolute atomic E-state index is 0.0963. The molecule has 0 heterocycles. The van der Waals surface area contributed by atoms with Gasteiger partial charge in [0, 0.05) is 17.6 Å². The third-order valence-electron chi connectivity index (χ3n) is 3.24. The van der Waals surface area contributed by atoms with E-state index in [2.05, 4.69) is 5.32 Å². The van der Waals surface area contributed by atoms with Crippen LogP contribution in [0.2, 0.25) is 0 Å². The predicted molar refractivity (Wildman–Crippen MR) is 65.0 cm³/mol. The molecule has 0 atom stereocenters. The van der Waals surface area contributed by atoms with Gasteiger partial charge in [-0.2, -0.15) is 0 Å². The summed E-state index contributed by atoms with van der Waals surface area (Å²) in [5.74, 6) is -0.407. The number of anilines is 1. The monoisotopic (exact) mass is 236 g/mol. The fraction of sp³-hybridized carbons (Fsp3) is 0.462. The zero-order valence-electron chi connectivity index (χ0n) is 9.71. The Morgan fingerprint density at radius 1 is 1.29 bits per heavy atom. The lowest BCUT2D eigenvalue weighted by Gasteiger charge is -2.22. The van der Waals surface area contributed by atoms with Gasteiger partial charge >= 0.3 is 0 Å². The summed E-state index contributed by atoms with van der Waals surface area (Å²) in [6, 6.07) is 5.74. The fourth-order valence-electron chi connectivity index (χ4n) is 2.31. The van der Waals surface area contributed by atoms with Crippen molar-refractivity contribution in [3.05, 3.63) is 30.1 Å². The van der Waals surface area contributed by atoms with Crippen molar-refractivity contribution < 1.29 is 9.18 Å². The molecular weight excluding hydrogens is 219 g/mol. The molecule has 4 heteroatoms. The minimum atomic E-state index is -0.343. The molecule has 3 nitrogen and oxygen atoms in total. The summed E-state index contributed by atoms with van der Waals surface area (Å²) in [5.41, 5.74) is 6.38. The summed E-state index contributed by atoms with van der Waals surface area (Å²) >= 11 is 0. The smallest absolute Gasteiger partial charge is 0.226 e. The molecule has 0 aromatic heterocycles. The first-order valence-corrected chi connectivity index (χ1v) is 5.92. The van der Waals surface area contributed by atoms with E-state index in [0.29, 0.717) is 12.1 Å². The second-order valence-corrected chi connectivity index (χ2v) is 4.80. The van der Waals surface area contributed by atoms with Crippen LogP contribution >= 0.6 is 0 Å². The first-order chi connectivity index (χ1) is 8.07. The van der Waals surface area contributed by atoms with Crippen molar-refractivity contribution in [2.24, 2.45) is 5.73 Å². The molecule has 1 aliphatic rings. The molecule has 92 valence electrons. The number of amides is 1. The lowest BCUT2D eigenvalue weighted by Crippen LogP contribution is -2.40. The SMILES string of the molecule is NC1(CC(=O)Nc2ccc(F)cc2)CCCC1. The lowest BCUT2D eigenvalue weighted by molar-refractivity contribution is -0.117. The van der Waals surface area contributed by atoms with E-state index in [-0.39, 0.29) is 17.3 Å². The van der Waals surface area contributed by atoms with Crippen LogP contribution in [0, 0.1) is 5.82 Å². The molecule has 1 aromatic rings. The summed E-state index contributed by atoms with van der Waals surface area (Å²) in [7, 11) is 0. The van der Waals surface area contributed by atoms with E-state index >= 15 is 0 Å². The van der Waals surface area contributed by atoms with E-state index in [1.54, 1.807) is 12.1 Å². The molecule has 1 saturated carbocycles. The maximum absolute atomic E-state index is 12.7. The van der Waals surface area contributed by atoms with Gasteiger partial charge < -0.3 is 11.1 Å². The van der Waals surface area contributed by atoms with Crippen LogP contribution < -0.4 is 11.1 Å². The molecule has 0 radical (unpaired) electrons. The van der Waals surface area contributed by atoms with Gasteiger partial charge in [0.25, 0.3) is 0 Å². The van der Waals surface area contributed by atoms with Crippen molar-refractivity contribution in [3.63, 3.8) is 0 Å². The number of carbonyl (C=O) groups is 1. The Kier molecular flexibility index (Phi) is 3.43. The molecule has 0 spiro atoms. The Labute approximate surface area is 100 Å². The second-order valence-electron chi connectivity index (χ2n) is 4.80. The van der Waals surface area contributed by atoms with Crippen molar-refractivity contribution in [3.8, 4) is 0 Å². The van der Waals surface area contributed by atoms with Gasteiger partial charge in [0.15, 0.2) is 0 Å². The average Bonchev–Trinajstić information content (AvgIpc) is 2.68. The van der Waals surface area contributed by atoms with Gasteiger partial charge in [-0.05, 0) is 37.1 Å². The predicted octanol–water partition coefficient (Wildman–Crippen LogP) is 2.43. The van der Waals surface area contributed by atoms with Gasteiger partial charge in [0.05, 0.1) is 0 Å². The van der Waals surface area contributed by atoms with Crippen LogP contribution in [0.25, 0.3) is 0 Å². The summed E-state index contributed by atoms with van der Waals surface area (Å²) in [6.07, 6.45) is 4.35. The third-order valence-corrected chi connectivity index (χ3v) is 3.24. The summed E-state index contributed by atoms with van der Waals surface area (Å²) in [6.45, 7) is 0. The first-order valence-electron chi connectivity index (χ1n) is 5.92. The zero-order chi connectivity index (χ0) is 12.3. The van der Waals surface area contributed by atoms with Crippen LogP contribution in [-0.2, 0) is 4.79 Å². The Hall–Kier alpha value is -1.42. The van der Waals surface area contributed by atoms with Gasteiger partial charge in [0.2, 0.25) is 5.91 Å². The highest BCUT2D eigenvalue weighted by Gasteiger charge is 2.31. The van der Waals surface area contributed by atoms with Crippen LogP contribution in [0.5, 0.6) is 0 Å². The maximum Gasteiger partial charge on any atom is 0.226 e. The van der Waals surface area contributed by atoms with E-state index in [1.165, 1.54) is 12.1 Å². The number of benzene rings is 1. The van der Waals surface area contributed by atoms with Gasteiger partial charge in [-0.3, -0.25) is 4.79 Å². The van der Waals surface area contributed by atoms with Crippen molar-refractivity contribution in [1.29, 1.82) is 0 Å².